The maximum Gasteiger partial charge on any atom is 0.391 e. The molecular formula is C14H13F3N2. The van der Waals surface area contributed by atoms with Gasteiger partial charge in [-0.3, -0.25) is 0 Å². The molecule has 0 spiro atoms. The van der Waals surface area contributed by atoms with Crippen molar-refractivity contribution in [2.45, 2.75) is 31.9 Å². The third-order valence-electron chi connectivity index (χ3n) is 3.65. The molecule has 0 atom stereocenters. The first-order valence-corrected chi connectivity index (χ1v) is 6.35. The second kappa shape index (κ2) is 4.47. The fraction of sp³-hybridized carbons (Fsp3) is 0.429. The topological polar surface area (TPSA) is 25.8 Å². The van der Waals surface area contributed by atoms with Gasteiger partial charge in [-0.2, -0.15) is 13.2 Å². The molecule has 0 unspecified atom stereocenters. The van der Waals surface area contributed by atoms with Crippen LogP contribution in [0.4, 0.5) is 13.2 Å². The van der Waals surface area contributed by atoms with Crippen LogP contribution in [-0.2, 0) is 12.8 Å². The third kappa shape index (κ3) is 2.41. The molecule has 5 heteroatoms. The molecule has 0 saturated carbocycles. The van der Waals surface area contributed by atoms with Crippen LogP contribution >= 0.6 is 0 Å². The van der Waals surface area contributed by atoms with Crippen molar-refractivity contribution in [3.63, 3.8) is 0 Å². The zero-order valence-corrected chi connectivity index (χ0v) is 10.2. The number of aromatic nitrogens is 2. The molecular weight excluding hydrogens is 253 g/mol. The Morgan fingerprint density at radius 1 is 0.895 bits per heavy atom. The molecule has 1 aromatic carbocycles. The van der Waals surface area contributed by atoms with Crippen molar-refractivity contribution in [1.82, 2.24) is 9.97 Å². The minimum atomic E-state index is -4.11. The van der Waals surface area contributed by atoms with E-state index in [1.807, 2.05) is 24.3 Å². The quantitative estimate of drug-likeness (QED) is 0.680. The van der Waals surface area contributed by atoms with Crippen LogP contribution in [0, 0.1) is 5.92 Å². The van der Waals surface area contributed by atoms with Gasteiger partial charge in [-0.25, -0.2) is 9.97 Å². The molecule has 0 N–H and O–H groups in total. The van der Waals surface area contributed by atoms with Crippen molar-refractivity contribution in [2.24, 2.45) is 5.92 Å². The van der Waals surface area contributed by atoms with Crippen molar-refractivity contribution in [1.29, 1.82) is 0 Å². The number of aryl methyl sites for hydroxylation is 2. The van der Waals surface area contributed by atoms with Crippen molar-refractivity contribution >= 4 is 11.0 Å². The maximum absolute atomic E-state index is 12.8. The molecule has 1 heterocycles. The Morgan fingerprint density at radius 3 is 1.79 bits per heavy atom. The van der Waals surface area contributed by atoms with Crippen LogP contribution in [0.5, 0.6) is 0 Å². The summed E-state index contributed by atoms with van der Waals surface area (Å²) in [6.07, 6.45) is -3.16. The van der Waals surface area contributed by atoms with Crippen LogP contribution in [0.1, 0.15) is 24.2 Å². The number of alkyl halides is 3. The van der Waals surface area contributed by atoms with Crippen LogP contribution in [0.3, 0.4) is 0 Å². The molecule has 3 rings (SSSR count). The minimum absolute atomic E-state index is 0.115. The van der Waals surface area contributed by atoms with E-state index < -0.39 is 12.1 Å². The van der Waals surface area contributed by atoms with E-state index >= 15 is 0 Å². The van der Waals surface area contributed by atoms with E-state index in [2.05, 4.69) is 9.97 Å². The van der Waals surface area contributed by atoms with Crippen LogP contribution in [-0.4, -0.2) is 16.1 Å². The van der Waals surface area contributed by atoms with Gasteiger partial charge in [0.15, 0.2) is 0 Å². The van der Waals surface area contributed by atoms with E-state index in [4.69, 9.17) is 0 Å². The molecule has 1 aliphatic carbocycles. The molecule has 0 radical (unpaired) electrons. The number of benzene rings is 1. The summed E-state index contributed by atoms with van der Waals surface area (Å²) in [4.78, 5) is 8.92. The summed E-state index contributed by atoms with van der Waals surface area (Å²) in [5.41, 5.74) is 2.97. The average Bonchev–Trinajstić information content (AvgIpc) is 2.57. The number of fused-ring (bicyclic) bond motifs is 2. The van der Waals surface area contributed by atoms with E-state index in [1.54, 1.807) is 0 Å². The molecule has 2 nitrogen and oxygen atoms in total. The van der Waals surface area contributed by atoms with Gasteiger partial charge in [-0.05, 0) is 37.8 Å². The fourth-order valence-electron chi connectivity index (χ4n) is 2.57. The van der Waals surface area contributed by atoms with E-state index in [1.165, 1.54) is 0 Å². The van der Waals surface area contributed by atoms with Gasteiger partial charge in [0.25, 0.3) is 0 Å². The van der Waals surface area contributed by atoms with Gasteiger partial charge < -0.3 is 0 Å². The van der Waals surface area contributed by atoms with E-state index in [0.717, 1.165) is 22.4 Å². The predicted molar refractivity (Wildman–Crippen MR) is 65.7 cm³/mol. The van der Waals surface area contributed by atoms with Crippen LogP contribution in [0.25, 0.3) is 11.0 Å². The lowest BCUT2D eigenvalue weighted by molar-refractivity contribution is -0.177. The van der Waals surface area contributed by atoms with Gasteiger partial charge in [-0.1, -0.05) is 12.1 Å². The Kier molecular flexibility index (Phi) is 2.92. The summed E-state index contributed by atoms with van der Waals surface area (Å²) < 4.78 is 38.3. The predicted octanol–water partition coefficient (Wildman–Crippen LogP) is 3.69. The van der Waals surface area contributed by atoms with Gasteiger partial charge >= 0.3 is 6.18 Å². The standard InChI is InChI=1S/C14H13F3N2/c15-14(16,17)9-5-7-12-13(8-6-9)19-11-4-2-1-3-10(11)18-12/h1-4,9H,5-8H2. The second-order valence-electron chi connectivity index (χ2n) is 4.92. The molecule has 19 heavy (non-hydrogen) atoms. The Labute approximate surface area is 108 Å². The summed E-state index contributed by atoms with van der Waals surface area (Å²) in [5, 5.41) is 0. The van der Waals surface area contributed by atoms with Gasteiger partial charge in [0.2, 0.25) is 0 Å². The molecule has 0 amide bonds. The van der Waals surface area contributed by atoms with Gasteiger partial charge in [0, 0.05) is 0 Å². The normalized spacial score (nSPS) is 17.2. The highest BCUT2D eigenvalue weighted by Gasteiger charge is 2.40. The monoisotopic (exact) mass is 266 g/mol. The molecule has 1 aliphatic rings. The van der Waals surface area contributed by atoms with E-state index in [9.17, 15) is 13.2 Å². The minimum Gasteiger partial charge on any atom is -0.249 e. The van der Waals surface area contributed by atoms with Crippen molar-refractivity contribution in [3.05, 3.63) is 35.7 Å². The Bertz CT molecular complexity index is 561. The first-order valence-electron chi connectivity index (χ1n) is 6.35. The van der Waals surface area contributed by atoms with Gasteiger partial charge in [-0.15, -0.1) is 0 Å². The third-order valence-corrected chi connectivity index (χ3v) is 3.65. The van der Waals surface area contributed by atoms with Crippen molar-refractivity contribution in [3.8, 4) is 0 Å². The van der Waals surface area contributed by atoms with E-state index in [0.29, 0.717) is 12.8 Å². The van der Waals surface area contributed by atoms with Crippen molar-refractivity contribution < 1.29 is 13.2 Å². The zero-order valence-electron chi connectivity index (χ0n) is 10.2. The summed E-state index contributed by atoms with van der Waals surface area (Å²) in [6, 6.07) is 7.40. The zero-order chi connectivity index (χ0) is 13.5. The molecule has 0 fully saturated rings. The summed E-state index contributed by atoms with van der Waals surface area (Å²) in [6.45, 7) is 0. The first-order chi connectivity index (χ1) is 9.04. The average molecular weight is 266 g/mol. The SMILES string of the molecule is FC(F)(F)C1CCc2nc3ccccc3nc2CC1. The lowest BCUT2D eigenvalue weighted by Crippen LogP contribution is -2.22. The highest BCUT2D eigenvalue weighted by Crippen LogP contribution is 2.35. The number of halogens is 3. The van der Waals surface area contributed by atoms with Gasteiger partial charge in [0.1, 0.15) is 0 Å². The lowest BCUT2D eigenvalue weighted by Gasteiger charge is -2.17. The molecule has 2 aromatic rings. The number of nitrogens with zero attached hydrogens (tertiary/aromatic N) is 2. The number of para-hydroxylation sites is 2. The molecule has 0 bridgehead atoms. The largest absolute Gasteiger partial charge is 0.391 e. The van der Waals surface area contributed by atoms with Crippen LogP contribution in [0.2, 0.25) is 0 Å². The number of hydrogen-bond donors (Lipinski definition) is 0. The molecule has 0 aliphatic heterocycles. The molecule has 100 valence electrons. The molecule has 0 saturated heterocycles. The fourth-order valence-corrected chi connectivity index (χ4v) is 2.57. The van der Waals surface area contributed by atoms with Crippen LogP contribution in [0.15, 0.2) is 24.3 Å². The Balaban J connectivity index is 1.96. The summed E-state index contributed by atoms with van der Waals surface area (Å²) in [7, 11) is 0. The second-order valence-corrected chi connectivity index (χ2v) is 4.92. The maximum atomic E-state index is 12.8. The highest BCUT2D eigenvalue weighted by molar-refractivity contribution is 5.74. The highest BCUT2D eigenvalue weighted by atomic mass is 19.4. The lowest BCUT2D eigenvalue weighted by atomic mass is 10.00. The summed E-state index contributed by atoms with van der Waals surface area (Å²) in [5.74, 6) is -1.23. The van der Waals surface area contributed by atoms with Crippen LogP contribution < -0.4 is 0 Å². The van der Waals surface area contributed by atoms with Crippen molar-refractivity contribution in [2.75, 3.05) is 0 Å². The number of rotatable bonds is 0. The number of hydrogen-bond acceptors (Lipinski definition) is 2. The first kappa shape index (κ1) is 12.4. The van der Waals surface area contributed by atoms with Gasteiger partial charge in [0.05, 0.1) is 28.3 Å². The molecule has 1 aromatic heterocycles. The Hall–Kier alpha value is -1.65. The smallest absolute Gasteiger partial charge is 0.249 e. The Morgan fingerprint density at radius 2 is 1.37 bits per heavy atom. The summed E-state index contributed by atoms with van der Waals surface area (Å²) >= 11 is 0. The van der Waals surface area contributed by atoms with E-state index in [-0.39, 0.29) is 12.8 Å².